The molecule has 5 saturated carbocycles. The molecule has 0 radical (unpaired) electrons. The molecule has 4 bridgehead atoms. The Labute approximate surface area is 125 Å². The third kappa shape index (κ3) is 2.56. The van der Waals surface area contributed by atoms with Crippen molar-refractivity contribution < 1.29 is 0 Å². The molecule has 1 nitrogen and oxygen atoms in total. The third-order valence-electron chi connectivity index (χ3n) is 7.29. The van der Waals surface area contributed by atoms with Crippen LogP contribution in [0.25, 0.3) is 0 Å². The number of nitrogens with one attached hydrogen (secondary N) is 1. The van der Waals surface area contributed by atoms with Crippen LogP contribution in [0.2, 0.25) is 0 Å². The van der Waals surface area contributed by atoms with Crippen molar-refractivity contribution in [2.24, 2.45) is 35.5 Å². The van der Waals surface area contributed by atoms with Gasteiger partial charge >= 0.3 is 0 Å². The normalized spacial score (nSPS) is 45.8. The van der Waals surface area contributed by atoms with Gasteiger partial charge in [0.05, 0.1) is 0 Å². The predicted octanol–water partition coefficient (Wildman–Crippen LogP) is 4.62. The van der Waals surface area contributed by atoms with Crippen molar-refractivity contribution in [1.29, 1.82) is 0 Å². The summed E-state index contributed by atoms with van der Waals surface area (Å²) in [4.78, 5) is 0. The van der Waals surface area contributed by atoms with E-state index >= 15 is 0 Å². The first kappa shape index (κ1) is 13.6. The molecule has 0 heterocycles. The number of hydrogen-bond acceptors (Lipinski definition) is 1. The van der Waals surface area contributed by atoms with Gasteiger partial charge in [0.15, 0.2) is 0 Å². The van der Waals surface area contributed by atoms with Crippen LogP contribution in [0.1, 0.15) is 71.1 Å². The standard InChI is InChI=1S/C19H33N/c1-13(12-20-18-5-3-2-4-6-18)19-16-8-14-7-15(10-16)11-17(19)9-14/h13-20H,2-12H2,1H3. The molecular formula is C19H33N. The van der Waals surface area contributed by atoms with E-state index in [9.17, 15) is 0 Å². The number of hydrogen-bond donors (Lipinski definition) is 1. The van der Waals surface area contributed by atoms with Gasteiger partial charge in [0.1, 0.15) is 0 Å². The zero-order valence-corrected chi connectivity index (χ0v) is 13.3. The lowest BCUT2D eigenvalue weighted by atomic mass is 9.50. The molecule has 0 saturated heterocycles. The van der Waals surface area contributed by atoms with Crippen LogP contribution in [0, 0.1) is 35.5 Å². The van der Waals surface area contributed by atoms with Crippen LogP contribution in [-0.2, 0) is 0 Å². The molecule has 0 spiro atoms. The second kappa shape index (κ2) is 5.63. The topological polar surface area (TPSA) is 12.0 Å². The highest BCUT2D eigenvalue weighted by molar-refractivity contribution is 4.99. The van der Waals surface area contributed by atoms with Gasteiger partial charge in [0.25, 0.3) is 0 Å². The van der Waals surface area contributed by atoms with Gasteiger partial charge in [-0.25, -0.2) is 0 Å². The van der Waals surface area contributed by atoms with Crippen molar-refractivity contribution in [2.45, 2.75) is 77.2 Å². The molecule has 1 N–H and O–H groups in total. The summed E-state index contributed by atoms with van der Waals surface area (Å²) in [7, 11) is 0. The minimum Gasteiger partial charge on any atom is -0.314 e. The van der Waals surface area contributed by atoms with Gasteiger partial charge in [0.2, 0.25) is 0 Å². The Bertz CT molecular complexity index is 303. The van der Waals surface area contributed by atoms with Crippen LogP contribution < -0.4 is 5.32 Å². The van der Waals surface area contributed by atoms with Gasteiger partial charge in [-0.15, -0.1) is 0 Å². The van der Waals surface area contributed by atoms with Crippen LogP contribution in [0.3, 0.4) is 0 Å². The molecule has 114 valence electrons. The Morgan fingerprint density at radius 1 is 0.850 bits per heavy atom. The van der Waals surface area contributed by atoms with Crippen LogP contribution in [0.4, 0.5) is 0 Å². The fraction of sp³-hybridized carbons (Fsp3) is 1.00. The molecule has 5 aliphatic carbocycles. The van der Waals surface area contributed by atoms with Crippen molar-refractivity contribution in [3.63, 3.8) is 0 Å². The Morgan fingerprint density at radius 3 is 2.05 bits per heavy atom. The van der Waals surface area contributed by atoms with Crippen molar-refractivity contribution in [3.05, 3.63) is 0 Å². The van der Waals surface area contributed by atoms with Gasteiger partial charge in [-0.3, -0.25) is 0 Å². The van der Waals surface area contributed by atoms with E-state index in [1.54, 1.807) is 32.1 Å². The van der Waals surface area contributed by atoms with Gasteiger partial charge < -0.3 is 5.32 Å². The molecule has 20 heavy (non-hydrogen) atoms. The lowest BCUT2D eigenvalue weighted by Gasteiger charge is -2.56. The summed E-state index contributed by atoms with van der Waals surface area (Å²) >= 11 is 0. The highest BCUT2D eigenvalue weighted by Gasteiger charge is 2.49. The molecule has 5 aliphatic rings. The van der Waals surface area contributed by atoms with Gasteiger partial charge in [-0.05, 0) is 87.0 Å². The smallest absolute Gasteiger partial charge is 0.00671 e. The van der Waals surface area contributed by atoms with Crippen LogP contribution in [0.5, 0.6) is 0 Å². The van der Waals surface area contributed by atoms with Gasteiger partial charge in [-0.2, -0.15) is 0 Å². The molecular weight excluding hydrogens is 242 g/mol. The zero-order chi connectivity index (χ0) is 13.5. The molecule has 0 aromatic heterocycles. The quantitative estimate of drug-likeness (QED) is 0.789. The summed E-state index contributed by atoms with van der Waals surface area (Å²) in [6, 6.07) is 0.850. The molecule has 1 heteroatoms. The van der Waals surface area contributed by atoms with E-state index in [-0.39, 0.29) is 0 Å². The SMILES string of the molecule is CC(CNC1CCCCC1)C1C2CC3CC(C2)CC1C3. The first-order chi connectivity index (χ1) is 9.79. The fourth-order valence-corrected chi connectivity index (χ4v) is 6.69. The molecule has 0 aromatic carbocycles. The predicted molar refractivity (Wildman–Crippen MR) is 84.6 cm³/mol. The monoisotopic (exact) mass is 275 g/mol. The lowest BCUT2D eigenvalue weighted by molar-refractivity contribution is -0.0584. The Hall–Kier alpha value is -0.0400. The molecule has 0 aromatic rings. The van der Waals surface area contributed by atoms with Crippen LogP contribution >= 0.6 is 0 Å². The van der Waals surface area contributed by atoms with E-state index in [4.69, 9.17) is 0 Å². The minimum atomic E-state index is 0.850. The first-order valence-corrected chi connectivity index (χ1v) is 9.53. The average Bonchev–Trinajstić information content (AvgIpc) is 2.45. The summed E-state index contributed by atoms with van der Waals surface area (Å²) in [6.07, 6.45) is 15.2. The van der Waals surface area contributed by atoms with Crippen molar-refractivity contribution in [3.8, 4) is 0 Å². The maximum absolute atomic E-state index is 3.93. The first-order valence-electron chi connectivity index (χ1n) is 9.53. The highest BCUT2D eigenvalue weighted by atomic mass is 14.9. The van der Waals surface area contributed by atoms with Crippen LogP contribution in [0.15, 0.2) is 0 Å². The molecule has 5 fully saturated rings. The van der Waals surface area contributed by atoms with Crippen molar-refractivity contribution in [2.75, 3.05) is 6.54 Å². The average molecular weight is 275 g/mol. The Kier molecular flexibility index (Phi) is 3.83. The Balaban J connectivity index is 1.33. The molecule has 0 aliphatic heterocycles. The minimum absolute atomic E-state index is 0.850. The van der Waals surface area contributed by atoms with E-state index < -0.39 is 0 Å². The molecule has 5 rings (SSSR count). The van der Waals surface area contributed by atoms with Crippen molar-refractivity contribution >= 4 is 0 Å². The van der Waals surface area contributed by atoms with E-state index in [1.165, 1.54) is 38.6 Å². The second-order valence-electron chi connectivity index (χ2n) is 8.73. The third-order valence-corrected chi connectivity index (χ3v) is 7.29. The molecule has 1 atom stereocenters. The summed E-state index contributed by atoms with van der Waals surface area (Å²) in [5, 5.41) is 3.93. The summed E-state index contributed by atoms with van der Waals surface area (Å²) in [6.45, 7) is 3.86. The highest BCUT2D eigenvalue weighted by Crippen LogP contribution is 2.58. The largest absolute Gasteiger partial charge is 0.314 e. The Morgan fingerprint density at radius 2 is 1.45 bits per heavy atom. The van der Waals surface area contributed by atoms with E-state index in [0.29, 0.717) is 0 Å². The summed E-state index contributed by atoms with van der Waals surface area (Å²) in [5.74, 6) is 6.47. The van der Waals surface area contributed by atoms with Crippen LogP contribution in [-0.4, -0.2) is 12.6 Å². The lowest BCUT2D eigenvalue weighted by Crippen LogP contribution is -2.49. The molecule has 1 unspecified atom stereocenters. The van der Waals surface area contributed by atoms with E-state index in [0.717, 1.165) is 41.5 Å². The van der Waals surface area contributed by atoms with E-state index in [1.807, 2.05) is 0 Å². The number of rotatable bonds is 4. The summed E-state index contributed by atoms with van der Waals surface area (Å²) < 4.78 is 0. The summed E-state index contributed by atoms with van der Waals surface area (Å²) in [5.41, 5.74) is 0. The van der Waals surface area contributed by atoms with Crippen molar-refractivity contribution in [1.82, 2.24) is 5.32 Å². The van der Waals surface area contributed by atoms with Gasteiger partial charge in [-0.1, -0.05) is 26.2 Å². The van der Waals surface area contributed by atoms with E-state index in [2.05, 4.69) is 12.2 Å². The van der Waals surface area contributed by atoms with Gasteiger partial charge in [0, 0.05) is 6.04 Å². The zero-order valence-electron chi connectivity index (χ0n) is 13.3. The maximum Gasteiger partial charge on any atom is 0.00671 e. The second-order valence-corrected chi connectivity index (χ2v) is 8.73. The fourth-order valence-electron chi connectivity index (χ4n) is 6.69. The maximum atomic E-state index is 3.93. The molecule has 0 amide bonds.